The minimum atomic E-state index is 0.436. The Balaban J connectivity index is 2.39. The third-order valence-corrected chi connectivity index (χ3v) is 2.88. The van der Waals surface area contributed by atoms with E-state index in [1.807, 2.05) is 24.3 Å². The van der Waals surface area contributed by atoms with Crippen molar-refractivity contribution >= 4 is 0 Å². The monoisotopic (exact) mass is 265 g/mol. The van der Waals surface area contributed by atoms with Crippen LogP contribution in [-0.4, -0.2) is 25.8 Å². The van der Waals surface area contributed by atoms with E-state index < -0.39 is 0 Å². The fourth-order valence-corrected chi connectivity index (χ4v) is 1.93. The molecule has 0 radical (unpaired) electrons. The molecule has 3 nitrogen and oxygen atoms in total. The summed E-state index contributed by atoms with van der Waals surface area (Å²) in [6.45, 7) is 8.90. The maximum atomic E-state index is 5.81. The van der Waals surface area contributed by atoms with Gasteiger partial charge in [0.15, 0.2) is 0 Å². The molecule has 0 heterocycles. The maximum absolute atomic E-state index is 5.81. The minimum Gasteiger partial charge on any atom is -0.494 e. The van der Waals surface area contributed by atoms with Gasteiger partial charge in [0.05, 0.1) is 6.61 Å². The zero-order valence-corrected chi connectivity index (χ0v) is 12.4. The standard InChI is InChI=1S/C16H27NO2/c1-4-7-14(17-6-3)13-19-16-10-8-15(9-11-16)18-12-5-2/h8-11,14,17H,4-7,12-13H2,1-3H3. The van der Waals surface area contributed by atoms with Crippen LogP contribution in [0.3, 0.4) is 0 Å². The molecule has 0 saturated carbocycles. The van der Waals surface area contributed by atoms with E-state index in [0.29, 0.717) is 6.04 Å². The zero-order chi connectivity index (χ0) is 13.9. The highest BCUT2D eigenvalue weighted by Gasteiger charge is 2.06. The summed E-state index contributed by atoms with van der Waals surface area (Å²) >= 11 is 0. The van der Waals surface area contributed by atoms with Crippen LogP contribution in [0, 0.1) is 0 Å². The van der Waals surface area contributed by atoms with Crippen molar-refractivity contribution in [1.29, 1.82) is 0 Å². The second kappa shape index (κ2) is 9.68. The molecule has 1 rings (SSSR count). The highest BCUT2D eigenvalue weighted by Crippen LogP contribution is 2.18. The molecular weight excluding hydrogens is 238 g/mol. The first-order valence-electron chi connectivity index (χ1n) is 7.39. The van der Waals surface area contributed by atoms with Gasteiger partial charge in [-0.1, -0.05) is 27.2 Å². The van der Waals surface area contributed by atoms with E-state index in [1.165, 1.54) is 6.42 Å². The molecule has 1 aromatic rings. The van der Waals surface area contributed by atoms with Crippen molar-refractivity contribution in [2.24, 2.45) is 0 Å². The van der Waals surface area contributed by atoms with Gasteiger partial charge in [0.1, 0.15) is 18.1 Å². The summed E-state index contributed by atoms with van der Waals surface area (Å²) in [5.74, 6) is 1.81. The molecule has 0 aliphatic heterocycles. The topological polar surface area (TPSA) is 30.5 Å². The van der Waals surface area contributed by atoms with Gasteiger partial charge in [0.25, 0.3) is 0 Å². The molecule has 0 amide bonds. The molecule has 0 saturated heterocycles. The number of rotatable bonds is 10. The predicted octanol–water partition coefficient (Wildman–Crippen LogP) is 3.63. The number of hydrogen-bond acceptors (Lipinski definition) is 3. The first-order valence-corrected chi connectivity index (χ1v) is 7.39. The van der Waals surface area contributed by atoms with Crippen LogP contribution in [0.4, 0.5) is 0 Å². The molecule has 108 valence electrons. The Morgan fingerprint density at radius 1 is 0.947 bits per heavy atom. The molecule has 1 atom stereocenters. The van der Waals surface area contributed by atoms with Gasteiger partial charge in [-0.05, 0) is 43.7 Å². The third-order valence-electron chi connectivity index (χ3n) is 2.88. The predicted molar refractivity (Wildman–Crippen MR) is 80.1 cm³/mol. The number of ether oxygens (including phenoxy) is 2. The second-order valence-electron chi connectivity index (χ2n) is 4.67. The highest BCUT2D eigenvalue weighted by molar-refractivity contribution is 5.31. The summed E-state index contributed by atoms with van der Waals surface area (Å²) in [4.78, 5) is 0. The van der Waals surface area contributed by atoms with E-state index in [1.54, 1.807) is 0 Å². The van der Waals surface area contributed by atoms with Crippen molar-refractivity contribution in [3.05, 3.63) is 24.3 Å². The third kappa shape index (κ3) is 6.48. The summed E-state index contributed by atoms with van der Waals surface area (Å²) in [5, 5.41) is 3.44. The zero-order valence-electron chi connectivity index (χ0n) is 12.4. The first kappa shape index (κ1) is 15.8. The molecule has 1 unspecified atom stereocenters. The number of hydrogen-bond donors (Lipinski definition) is 1. The summed E-state index contributed by atoms with van der Waals surface area (Å²) in [7, 11) is 0. The summed E-state index contributed by atoms with van der Waals surface area (Å²) < 4.78 is 11.4. The Kier molecular flexibility index (Phi) is 8.07. The molecule has 0 aromatic heterocycles. The van der Waals surface area contributed by atoms with Crippen LogP contribution in [0.2, 0.25) is 0 Å². The minimum absolute atomic E-state index is 0.436. The summed E-state index contributed by atoms with van der Waals surface area (Å²) in [6, 6.07) is 8.31. The molecule has 0 aliphatic carbocycles. The Labute approximate surface area is 117 Å². The molecule has 0 spiro atoms. The second-order valence-corrected chi connectivity index (χ2v) is 4.67. The quantitative estimate of drug-likeness (QED) is 0.700. The van der Waals surface area contributed by atoms with Gasteiger partial charge >= 0.3 is 0 Å². The molecule has 0 aliphatic rings. The summed E-state index contributed by atoms with van der Waals surface area (Å²) in [5.41, 5.74) is 0. The maximum Gasteiger partial charge on any atom is 0.119 e. The Hall–Kier alpha value is -1.22. The largest absolute Gasteiger partial charge is 0.494 e. The van der Waals surface area contributed by atoms with Crippen LogP contribution in [0.1, 0.15) is 40.0 Å². The number of likely N-dealkylation sites (N-methyl/N-ethyl adjacent to an activating group) is 1. The number of benzene rings is 1. The van der Waals surface area contributed by atoms with Gasteiger partial charge in [-0.15, -0.1) is 0 Å². The Bertz CT molecular complexity index is 318. The van der Waals surface area contributed by atoms with Crippen LogP contribution in [-0.2, 0) is 0 Å². The lowest BCUT2D eigenvalue weighted by Crippen LogP contribution is -2.34. The first-order chi connectivity index (χ1) is 9.30. The van der Waals surface area contributed by atoms with Crippen LogP contribution in [0.25, 0.3) is 0 Å². The van der Waals surface area contributed by atoms with Gasteiger partial charge < -0.3 is 14.8 Å². The van der Waals surface area contributed by atoms with Crippen molar-refractivity contribution in [2.45, 2.75) is 46.1 Å². The van der Waals surface area contributed by atoms with Crippen LogP contribution < -0.4 is 14.8 Å². The van der Waals surface area contributed by atoms with Gasteiger partial charge in [0.2, 0.25) is 0 Å². The Morgan fingerprint density at radius 2 is 1.58 bits per heavy atom. The molecule has 3 heteroatoms. The molecule has 0 bridgehead atoms. The lowest BCUT2D eigenvalue weighted by molar-refractivity contribution is 0.257. The van der Waals surface area contributed by atoms with E-state index in [0.717, 1.165) is 44.1 Å². The average molecular weight is 265 g/mol. The van der Waals surface area contributed by atoms with E-state index >= 15 is 0 Å². The molecule has 19 heavy (non-hydrogen) atoms. The molecule has 1 aromatic carbocycles. The van der Waals surface area contributed by atoms with E-state index in [2.05, 4.69) is 26.1 Å². The van der Waals surface area contributed by atoms with Crippen molar-refractivity contribution in [3.63, 3.8) is 0 Å². The average Bonchev–Trinajstić information content (AvgIpc) is 2.44. The Morgan fingerprint density at radius 3 is 2.11 bits per heavy atom. The lowest BCUT2D eigenvalue weighted by Gasteiger charge is -2.17. The molecule has 0 fully saturated rings. The smallest absolute Gasteiger partial charge is 0.119 e. The van der Waals surface area contributed by atoms with Gasteiger partial charge in [0, 0.05) is 6.04 Å². The number of nitrogens with one attached hydrogen (secondary N) is 1. The van der Waals surface area contributed by atoms with Crippen molar-refractivity contribution in [3.8, 4) is 11.5 Å². The fraction of sp³-hybridized carbons (Fsp3) is 0.625. The van der Waals surface area contributed by atoms with E-state index in [9.17, 15) is 0 Å². The van der Waals surface area contributed by atoms with Gasteiger partial charge in [-0.2, -0.15) is 0 Å². The molecule has 1 N–H and O–H groups in total. The van der Waals surface area contributed by atoms with E-state index in [4.69, 9.17) is 9.47 Å². The van der Waals surface area contributed by atoms with Crippen LogP contribution >= 0.6 is 0 Å². The van der Waals surface area contributed by atoms with Crippen LogP contribution in [0.15, 0.2) is 24.3 Å². The summed E-state index contributed by atoms with van der Waals surface area (Å²) in [6.07, 6.45) is 3.34. The van der Waals surface area contributed by atoms with Gasteiger partial charge in [-0.3, -0.25) is 0 Å². The SMILES string of the molecule is CCCOc1ccc(OCC(CCC)NCC)cc1. The molecular formula is C16H27NO2. The van der Waals surface area contributed by atoms with Crippen LogP contribution in [0.5, 0.6) is 11.5 Å². The fourth-order valence-electron chi connectivity index (χ4n) is 1.93. The highest BCUT2D eigenvalue weighted by atomic mass is 16.5. The normalized spacial score (nSPS) is 12.2. The van der Waals surface area contributed by atoms with Crippen molar-refractivity contribution < 1.29 is 9.47 Å². The van der Waals surface area contributed by atoms with Crippen molar-refractivity contribution in [2.75, 3.05) is 19.8 Å². The lowest BCUT2D eigenvalue weighted by atomic mass is 10.2. The van der Waals surface area contributed by atoms with E-state index in [-0.39, 0.29) is 0 Å². The van der Waals surface area contributed by atoms with Gasteiger partial charge in [-0.25, -0.2) is 0 Å². The van der Waals surface area contributed by atoms with Crippen molar-refractivity contribution in [1.82, 2.24) is 5.32 Å².